The van der Waals surface area contributed by atoms with Crippen molar-refractivity contribution < 1.29 is 19.5 Å². The summed E-state index contributed by atoms with van der Waals surface area (Å²) in [7, 11) is 0. The molecule has 5 aromatic rings. The summed E-state index contributed by atoms with van der Waals surface area (Å²) >= 11 is 0. The Bertz CT molecular complexity index is 2040. The third kappa shape index (κ3) is 8.26. The molecular formula is C43H49N5O4. The monoisotopic (exact) mass is 699 g/mol. The van der Waals surface area contributed by atoms with E-state index in [0.717, 1.165) is 47.6 Å². The number of nitrogens with zero attached hydrogens (tertiary/aromatic N) is 4. The number of unbranched alkanes of at least 4 members (excludes halogenated alkanes) is 2. The minimum atomic E-state index is -0.233. The smallest absolute Gasteiger partial charge is 0.274 e. The van der Waals surface area contributed by atoms with Gasteiger partial charge in [0.2, 0.25) is 5.91 Å². The van der Waals surface area contributed by atoms with Crippen LogP contribution >= 0.6 is 0 Å². The van der Waals surface area contributed by atoms with E-state index in [9.17, 15) is 19.5 Å². The van der Waals surface area contributed by atoms with Gasteiger partial charge in [-0.05, 0) is 84.3 Å². The number of aliphatic hydroxyl groups is 1. The number of amides is 3. The van der Waals surface area contributed by atoms with Gasteiger partial charge in [0.1, 0.15) is 0 Å². The summed E-state index contributed by atoms with van der Waals surface area (Å²) in [5, 5.41) is 20.0. The number of aromatic nitrogens is 2. The Morgan fingerprint density at radius 1 is 0.865 bits per heavy atom. The van der Waals surface area contributed by atoms with Gasteiger partial charge in [0.15, 0.2) is 5.69 Å². The summed E-state index contributed by atoms with van der Waals surface area (Å²) in [6.45, 7) is 7.78. The van der Waals surface area contributed by atoms with E-state index >= 15 is 0 Å². The Kier molecular flexibility index (Phi) is 11.8. The number of hydrogen-bond acceptors (Lipinski definition) is 5. The third-order valence-electron chi connectivity index (χ3n) is 9.95. The predicted molar refractivity (Wildman–Crippen MR) is 206 cm³/mol. The molecule has 1 aromatic heterocycles. The van der Waals surface area contributed by atoms with Gasteiger partial charge in [0, 0.05) is 43.7 Å². The second-order valence-corrected chi connectivity index (χ2v) is 13.8. The number of fused-ring (bicyclic) bond motifs is 2. The first-order valence-corrected chi connectivity index (χ1v) is 18.6. The van der Waals surface area contributed by atoms with Crippen LogP contribution in [-0.4, -0.2) is 68.1 Å². The molecule has 6 rings (SSSR count). The van der Waals surface area contributed by atoms with Gasteiger partial charge >= 0.3 is 0 Å². The normalized spacial score (nSPS) is 13.9. The number of nitrogens with one attached hydrogen (secondary N) is 1. The van der Waals surface area contributed by atoms with Gasteiger partial charge in [-0.1, -0.05) is 93.4 Å². The van der Waals surface area contributed by atoms with E-state index in [1.54, 1.807) is 28.9 Å². The van der Waals surface area contributed by atoms with Crippen molar-refractivity contribution in [3.8, 4) is 5.69 Å². The molecule has 0 unspecified atom stereocenters. The van der Waals surface area contributed by atoms with E-state index < -0.39 is 0 Å². The van der Waals surface area contributed by atoms with Crippen LogP contribution in [0.15, 0.2) is 91.0 Å². The Morgan fingerprint density at radius 2 is 1.58 bits per heavy atom. The molecule has 2 heterocycles. The summed E-state index contributed by atoms with van der Waals surface area (Å²) in [5.41, 5.74) is 5.53. The summed E-state index contributed by atoms with van der Waals surface area (Å²) in [6.07, 6.45) is 5.03. The number of rotatable bonds is 14. The largest absolute Gasteiger partial charge is 0.396 e. The average molecular weight is 700 g/mol. The maximum Gasteiger partial charge on any atom is 0.274 e. The van der Waals surface area contributed by atoms with Crippen LogP contribution in [0.3, 0.4) is 0 Å². The van der Waals surface area contributed by atoms with Crippen LogP contribution in [0.25, 0.3) is 16.5 Å². The van der Waals surface area contributed by atoms with E-state index in [4.69, 9.17) is 5.10 Å². The van der Waals surface area contributed by atoms with Crippen molar-refractivity contribution in [2.24, 2.45) is 0 Å². The molecule has 9 heteroatoms. The Balaban J connectivity index is 1.35. The summed E-state index contributed by atoms with van der Waals surface area (Å²) < 4.78 is 1.66. The van der Waals surface area contributed by atoms with E-state index in [0.29, 0.717) is 60.8 Å². The molecule has 0 bridgehead atoms. The summed E-state index contributed by atoms with van der Waals surface area (Å²) in [6, 6.07) is 29.0. The fourth-order valence-electron chi connectivity index (χ4n) is 7.09. The predicted octanol–water partition coefficient (Wildman–Crippen LogP) is 7.51. The maximum absolute atomic E-state index is 14.8. The molecule has 0 saturated heterocycles. The van der Waals surface area contributed by atoms with Gasteiger partial charge in [-0.15, -0.1) is 0 Å². The average Bonchev–Trinajstić information content (AvgIpc) is 3.55. The number of carbonyl (C=O) groups is 3. The van der Waals surface area contributed by atoms with Gasteiger partial charge in [-0.25, -0.2) is 4.68 Å². The second-order valence-electron chi connectivity index (χ2n) is 13.8. The molecule has 3 amide bonds. The van der Waals surface area contributed by atoms with Crippen LogP contribution in [0.1, 0.15) is 89.2 Å². The van der Waals surface area contributed by atoms with E-state index in [1.807, 2.05) is 77.4 Å². The van der Waals surface area contributed by atoms with Crippen LogP contribution < -0.4 is 5.32 Å². The molecule has 0 spiro atoms. The van der Waals surface area contributed by atoms with Crippen LogP contribution in [0.5, 0.6) is 0 Å². The van der Waals surface area contributed by atoms with E-state index in [-0.39, 0.29) is 36.8 Å². The van der Waals surface area contributed by atoms with Gasteiger partial charge in [-0.3, -0.25) is 14.4 Å². The van der Waals surface area contributed by atoms with Crippen molar-refractivity contribution in [1.82, 2.24) is 19.6 Å². The van der Waals surface area contributed by atoms with Gasteiger partial charge in [-0.2, -0.15) is 5.10 Å². The zero-order chi connectivity index (χ0) is 36.6. The minimum absolute atomic E-state index is 0.0510. The van der Waals surface area contributed by atoms with Crippen molar-refractivity contribution in [3.05, 3.63) is 125 Å². The molecule has 1 atom stereocenters. The molecule has 270 valence electrons. The zero-order valence-corrected chi connectivity index (χ0v) is 30.5. The first kappa shape index (κ1) is 36.5. The van der Waals surface area contributed by atoms with Crippen molar-refractivity contribution >= 4 is 34.2 Å². The SMILES string of the molecule is CCCCN(CCCC)C(=O)c1cc(C)n(-c2ccc(NC(=O)Cc3ccc4ccccc4c3)cc2C(=O)N2Cc3ccccc3C[C@H]2CCO)n1. The molecule has 1 aliphatic heterocycles. The van der Waals surface area contributed by atoms with Crippen LogP contribution in [0.2, 0.25) is 0 Å². The molecular weight excluding hydrogens is 651 g/mol. The molecule has 1 aliphatic rings. The first-order chi connectivity index (χ1) is 25.3. The summed E-state index contributed by atoms with van der Waals surface area (Å²) in [5.74, 6) is -0.553. The Morgan fingerprint density at radius 3 is 2.31 bits per heavy atom. The van der Waals surface area contributed by atoms with Crippen molar-refractivity contribution in [1.29, 1.82) is 0 Å². The number of aryl methyl sites for hydroxylation is 1. The van der Waals surface area contributed by atoms with Gasteiger partial charge in [0.25, 0.3) is 11.8 Å². The van der Waals surface area contributed by atoms with Crippen molar-refractivity contribution in [3.63, 3.8) is 0 Å². The third-order valence-corrected chi connectivity index (χ3v) is 9.95. The zero-order valence-electron chi connectivity index (χ0n) is 30.5. The Hall–Kier alpha value is -5.28. The number of carbonyl (C=O) groups excluding carboxylic acids is 3. The lowest BCUT2D eigenvalue weighted by Gasteiger charge is -2.37. The molecule has 9 nitrogen and oxygen atoms in total. The number of aliphatic hydroxyl groups excluding tert-OH is 1. The van der Waals surface area contributed by atoms with Gasteiger partial charge in [0.05, 0.1) is 17.7 Å². The highest BCUT2D eigenvalue weighted by Crippen LogP contribution is 2.30. The van der Waals surface area contributed by atoms with Crippen molar-refractivity contribution in [2.45, 2.75) is 78.3 Å². The number of anilines is 1. The molecule has 2 N–H and O–H groups in total. The molecule has 52 heavy (non-hydrogen) atoms. The lowest BCUT2D eigenvalue weighted by molar-refractivity contribution is -0.115. The standard InChI is InChI=1S/C43H49N5O4/c1-4-6-21-46(22-7-5-2)43(52)39-24-30(3)48(45-39)40-19-18-36(44-41(50)26-31-16-17-32-12-8-9-13-33(32)25-31)28-38(40)42(51)47-29-35-15-11-10-14-34(35)27-37(47)20-23-49/h8-19,24-25,28,37,49H,4-7,20-23,26-27,29H2,1-3H3,(H,44,50)/t37-/m1/s1. The lowest BCUT2D eigenvalue weighted by Crippen LogP contribution is -2.45. The number of hydrogen-bond donors (Lipinski definition) is 2. The van der Waals surface area contributed by atoms with Crippen LogP contribution in [-0.2, 0) is 24.2 Å². The fourth-order valence-corrected chi connectivity index (χ4v) is 7.09. The lowest BCUT2D eigenvalue weighted by atomic mass is 9.91. The molecule has 0 fully saturated rings. The highest BCUT2D eigenvalue weighted by molar-refractivity contribution is 6.01. The van der Waals surface area contributed by atoms with E-state index in [1.165, 1.54) is 5.56 Å². The fraction of sp³-hybridized carbons (Fsp3) is 0.349. The second kappa shape index (κ2) is 16.8. The maximum atomic E-state index is 14.8. The van der Waals surface area contributed by atoms with Crippen molar-refractivity contribution in [2.75, 3.05) is 25.0 Å². The molecule has 0 radical (unpaired) electrons. The summed E-state index contributed by atoms with van der Waals surface area (Å²) in [4.78, 5) is 45.6. The van der Waals surface area contributed by atoms with Gasteiger partial charge < -0.3 is 20.2 Å². The highest BCUT2D eigenvalue weighted by atomic mass is 16.3. The van der Waals surface area contributed by atoms with Crippen LogP contribution in [0.4, 0.5) is 5.69 Å². The molecule has 0 aliphatic carbocycles. The topological polar surface area (TPSA) is 108 Å². The number of benzene rings is 4. The first-order valence-electron chi connectivity index (χ1n) is 18.6. The molecule has 4 aromatic carbocycles. The molecule has 0 saturated carbocycles. The van der Waals surface area contributed by atoms with Crippen LogP contribution in [0, 0.1) is 6.92 Å². The van der Waals surface area contributed by atoms with E-state index in [2.05, 4.69) is 25.2 Å². The Labute approximate surface area is 306 Å². The highest BCUT2D eigenvalue weighted by Gasteiger charge is 2.32. The quantitative estimate of drug-likeness (QED) is 0.125. The minimum Gasteiger partial charge on any atom is -0.396 e.